The summed E-state index contributed by atoms with van der Waals surface area (Å²) < 4.78 is 35.4. The van der Waals surface area contributed by atoms with E-state index in [1.54, 1.807) is 66.7 Å². The van der Waals surface area contributed by atoms with Gasteiger partial charge in [0.05, 0.1) is 36.6 Å². The SMILES string of the molecule is COc1cc(CC(=O)Nc2ccc([C@@H](CC(=O)O)NS(=O)(=O)c3cccc4c(N(C)C)cccc34)cc2)ccc1NC(=O)Nc1ccccc1C. The molecule has 5 aromatic rings. The lowest BCUT2D eigenvalue weighted by Gasteiger charge is -2.20. The second-order valence-electron chi connectivity index (χ2n) is 12.1. The molecule has 5 aromatic carbocycles. The smallest absolute Gasteiger partial charge is 0.323 e. The summed E-state index contributed by atoms with van der Waals surface area (Å²) in [5.74, 6) is -1.15. The minimum absolute atomic E-state index is 0.00416. The van der Waals surface area contributed by atoms with Crippen LogP contribution < -0.4 is 30.3 Å². The number of hydrogen-bond acceptors (Lipinski definition) is 7. The van der Waals surface area contributed by atoms with Crippen molar-refractivity contribution in [2.24, 2.45) is 0 Å². The zero-order chi connectivity index (χ0) is 36.7. The fourth-order valence-electron chi connectivity index (χ4n) is 5.67. The first-order valence-electron chi connectivity index (χ1n) is 16.0. The molecule has 0 aliphatic carbocycles. The third kappa shape index (κ3) is 9.01. The predicted molar refractivity (Wildman–Crippen MR) is 199 cm³/mol. The molecule has 5 rings (SSSR count). The molecule has 0 saturated carbocycles. The van der Waals surface area contributed by atoms with Gasteiger partial charge in [0, 0.05) is 41.9 Å². The number of para-hydroxylation sites is 1. The molecule has 0 radical (unpaired) electrons. The number of aryl methyl sites for hydroxylation is 1. The highest BCUT2D eigenvalue weighted by Gasteiger charge is 2.26. The van der Waals surface area contributed by atoms with Crippen LogP contribution in [-0.4, -0.2) is 52.6 Å². The summed E-state index contributed by atoms with van der Waals surface area (Å²) in [4.78, 5) is 39.3. The van der Waals surface area contributed by atoms with Crippen molar-refractivity contribution < 1.29 is 32.6 Å². The number of methoxy groups -OCH3 is 1. The number of fused-ring (bicyclic) bond motifs is 1. The van der Waals surface area contributed by atoms with Gasteiger partial charge < -0.3 is 30.7 Å². The number of aliphatic carboxylic acids is 1. The average molecular weight is 710 g/mol. The zero-order valence-corrected chi connectivity index (χ0v) is 29.4. The summed E-state index contributed by atoms with van der Waals surface area (Å²) in [5.41, 5.74) is 4.33. The van der Waals surface area contributed by atoms with Gasteiger partial charge in [-0.25, -0.2) is 17.9 Å². The minimum Gasteiger partial charge on any atom is -0.495 e. The maximum atomic E-state index is 13.7. The van der Waals surface area contributed by atoms with Crippen molar-refractivity contribution in [3.05, 3.63) is 120 Å². The highest BCUT2D eigenvalue weighted by atomic mass is 32.2. The Labute approximate surface area is 296 Å². The molecule has 0 saturated heterocycles. The van der Waals surface area contributed by atoms with E-state index in [1.165, 1.54) is 13.2 Å². The van der Waals surface area contributed by atoms with Crippen LogP contribution in [0.1, 0.15) is 29.2 Å². The number of sulfonamides is 1. The molecule has 0 aromatic heterocycles. The van der Waals surface area contributed by atoms with Crippen molar-refractivity contribution in [3.8, 4) is 5.75 Å². The predicted octanol–water partition coefficient (Wildman–Crippen LogP) is 6.54. The Kier molecular flexibility index (Phi) is 11.2. The minimum atomic E-state index is -4.16. The van der Waals surface area contributed by atoms with Gasteiger partial charge in [-0.1, -0.05) is 60.7 Å². The maximum Gasteiger partial charge on any atom is 0.323 e. The van der Waals surface area contributed by atoms with E-state index in [0.29, 0.717) is 39.3 Å². The molecule has 0 spiro atoms. The van der Waals surface area contributed by atoms with Crippen molar-refractivity contribution in [1.82, 2.24) is 4.72 Å². The molecule has 0 heterocycles. The molecule has 51 heavy (non-hydrogen) atoms. The standard InChI is InChI=1S/C38H39N5O7S/c1-24-9-5-6-12-30(24)40-38(47)41-31-20-15-25(21-34(31)50-4)22-36(44)39-27-18-16-26(17-19-27)32(23-37(45)46)42-51(48,49)35-14-8-10-28-29(35)11-7-13-33(28)43(2)3/h5-21,32,42H,22-23H2,1-4H3,(H,39,44)(H,45,46)(H2,40,41,47)/t32-/m1/s1. The normalized spacial score (nSPS) is 11.8. The second kappa shape index (κ2) is 15.7. The molecule has 0 bridgehead atoms. The Morgan fingerprint density at radius 3 is 2.18 bits per heavy atom. The highest BCUT2D eigenvalue weighted by Crippen LogP contribution is 2.32. The largest absolute Gasteiger partial charge is 0.495 e. The molecule has 0 aliphatic rings. The van der Waals surface area contributed by atoms with Gasteiger partial charge in [0.1, 0.15) is 5.75 Å². The summed E-state index contributed by atoms with van der Waals surface area (Å²) in [7, 11) is 1.04. The van der Waals surface area contributed by atoms with E-state index in [-0.39, 0.29) is 17.2 Å². The lowest BCUT2D eigenvalue weighted by molar-refractivity contribution is -0.137. The summed E-state index contributed by atoms with van der Waals surface area (Å²) in [6.07, 6.45) is -0.505. The van der Waals surface area contributed by atoms with E-state index in [9.17, 15) is 27.9 Å². The first-order chi connectivity index (χ1) is 24.3. The molecular weight excluding hydrogens is 671 g/mol. The maximum absolute atomic E-state index is 13.7. The Morgan fingerprint density at radius 2 is 1.49 bits per heavy atom. The Morgan fingerprint density at radius 1 is 0.804 bits per heavy atom. The second-order valence-corrected chi connectivity index (χ2v) is 13.8. The van der Waals surface area contributed by atoms with Crippen LogP contribution in [0.5, 0.6) is 5.75 Å². The van der Waals surface area contributed by atoms with E-state index in [0.717, 1.165) is 16.6 Å². The van der Waals surface area contributed by atoms with Gasteiger partial charge in [-0.05, 0) is 66.1 Å². The number of urea groups is 1. The molecule has 0 fully saturated rings. The van der Waals surface area contributed by atoms with E-state index in [2.05, 4.69) is 20.7 Å². The number of rotatable bonds is 13. The van der Waals surface area contributed by atoms with Crippen LogP contribution in [0.15, 0.2) is 108 Å². The third-order valence-corrected chi connectivity index (χ3v) is 9.71. The molecule has 1 atom stereocenters. The topological polar surface area (TPSA) is 166 Å². The van der Waals surface area contributed by atoms with Crippen molar-refractivity contribution in [2.45, 2.75) is 30.7 Å². The zero-order valence-electron chi connectivity index (χ0n) is 28.6. The monoisotopic (exact) mass is 709 g/mol. The van der Waals surface area contributed by atoms with Gasteiger partial charge in [0.25, 0.3) is 0 Å². The quantitative estimate of drug-likeness (QED) is 0.0919. The van der Waals surface area contributed by atoms with E-state index in [4.69, 9.17) is 4.74 Å². The fourth-order valence-corrected chi connectivity index (χ4v) is 7.12. The van der Waals surface area contributed by atoms with Crippen LogP contribution in [0, 0.1) is 6.92 Å². The first-order valence-corrected chi connectivity index (χ1v) is 17.5. The number of hydrogen-bond donors (Lipinski definition) is 5. The van der Waals surface area contributed by atoms with Crippen molar-refractivity contribution >= 4 is 61.5 Å². The number of carbonyl (C=O) groups is 3. The Balaban J connectivity index is 1.25. The number of carbonyl (C=O) groups excluding carboxylic acids is 2. The fraction of sp³-hybridized carbons (Fsp3) is 0.184. The van der Waals surface area contributed by atoms with Crippen LogP contribution in [0.2, 0.25) is 0 Å². The van der Waals surface area contributed by atoms with Crippen LogP contribution >= 0.6 is 0 Å². The number of benzene rings is 5. The van der Waals surface area contributed by atoms with E-state index >= 15 is 0 Å². The van der Waals surface area contributed by atoms with Crippen molar-refractivity contribution in [2.75, 3.05) is 42.1 Å². The summed E-state index contributed by atoms with van der Waals surface area (Å²) >= 11 is 0. The number of amides is 3. The van der Waals surface area contributed by atoms with Gasteiger partial charge in [-0.15, -0.1) is 0 Å². The summed E-state index contributed by atoms with van der Waals surface area (Å²) in [5, 5.41) is 19.3. The molecule has 264 valence electrons. The van der Waals surface area contributed by atoms with Crippen molar-refractivity contribution in [1.29, 1.82) is 0 Å². The van der Waals surface area contributed by atoms with E-state index < -0.39 is 34.5 Å². The number of nitrogens with one attached hydrogen (secondary N) is 4. The molecule has 12 nitrogen and oxygen atoms in total. The molecular formula is C38H39N5O7S. The van der Waals surface area contributed by atoms with Gasteiger partial charge in [-0.2, -0.15) is 0 Å². The third-order valence-electron chi connectivity index (χ3n) is 8.18. The number of nitrogens with zero attached hydrogens (tertiary/aromatic N) is 1. The molecule has 0 unspecified atom stereocenters. The number of carboxylic acid groups (broad SMARTS) is 1. The summed E-state index contributed by atoms with van der Waals surface area (Å²) in [6.45, 7) is 1.89. The van der Waals surface area contributed by atoms with Gasteiger partial charge in [0.2, 0.25) is 15.9 Å². The van der Waals surface area contributed by atoms with Gasteiger partial charge in [-0.3, -0.25) is 9.59 Å². The lowest BCUT2D eigenvalue weighted by Crippen LogP contribution is -2.30. The van der Waals surface area contributed by atoms with Crippen LogP contribution in [0.3, 0.4) is 0 Å². The number of carboxylic acids is 1. The van der Waals surface area contributed by atoms with Crippen LogP contribution in [0.4, 0.5) is 27.5 Å². The first kappa shape index (κ1) is 36.4. The Hall–Kier alpha value is -5.92. The molecule has 5 N–H and O–H groups in total. The summed E-state index contributed by atoms with van der Waals surface area (Å²) in [6, 6.07) is 27.6. The molecule has 13 heteroatoms. The molecule has 3 amide bonds. The van der Waals surface area contributed by atoms with Gasteiger partial charge in [0.15, 0.2) is 0 Å². The number of anilines is 4. The van der Waals surface area contributed by atoms with E-state index in [1.807, 2.05) is 56.3 Å². The van der Waals surface area contributed by atoms with Gasteiger partial charge >= 0.3 is 12.0 Å². The Bertz CT molecular complexity index is 2190. The van der Waals surface area contributed by atoms with Crippen LogP contribution in [0.25, 0.3) is 10.8 Å². The van der Waals surface area contributed by atoms with Crippen molar-refractivity contribution in [3.63, 3.8) is 0 Å². The lowest BCUT2D eigenvalue weighted by atomic mass is 10.0. The average Bonchev–Trinajstić information content (AvgIpc) is 3.09. The molecule has 0 aliphatic heterocycles. The van der Waals surface area contributed by atoms with Crippen LogP contribution in [-0.2, 0) is 26.0 Å². The highest BCUT2D eigenvalue weighted by molar-refractivity contribution is 7.89. The number of ether oxygens (including phenoxy) is 1.